The van der Waals surface area contributed by atoms with Crippen molar-refractivity contribution in [3.05, 3.63) is 28.5 Å². The first kappa shape index (κ1) is 13.7. The molecule has 5 nitrogen and oxygen atoms in total. The summed E-state index contributed by atoms with van der Waals surface area (Å²) in [5.74, 6) is 8.08. The SMILES string of the molecule is COc1ccc(Br)c(-c2nc(C(C)C)n(N)c2N)c1. The molecule has 0 saturated carbocycles. The summed E-state index contributed by atoms with van der Waals surface area (Å²) in [6.45, 7) is 4.05. The number of nitrogens with two attached hydrogens (primary N) is 2. The summed E-state index contributed by atoms with van der Waals surface area (Å²) >= 11 is 3.50. The highest BCUT2D eigenvalue weighted by atomic mass is 79.9. The van der Waals surface area contributed by atoms with Crippen molar-refractivity contribution in [2.75, 3.05) is 18.7 Å². The van der Waals surface area contributed by atoms with Crippen LogP contribution < -0.4 is 16.3 Å². The van der Waals surface area contributed by atoms with E-state index in [2.05, 4.69) is 20.9 Å². The second kappa shape index (κ2) is 5.13. The monoisotopic (exact) mass is 324 g/mol. The van der Waals surface area contributed by atoms with Gasteiger partial charge in [0.1, 0.15) is 17.3 Å². The second-order valence-corrected chi connectivity index (χ2v) is 5.43. The van der Waals surface area contributed by atoms with Crippen molar-refractivity contribution in [1.82, 2.24) is 9.66 Å². The summed E-state index contributed by atoms with van der Waals surface area (Å²) in [5, 5.41) is 0. The Bertz CT molecular complexity index is 607. The summed E-state index contributed by atoms with van der Waals surface area (Å²) in [4.78, 5) is 4.54. The number of hydrogen-bond donors (Lipinski definition) is 2. The molecule has 1 heterocycles. The van der Waals surface area contributed by atoms with Crippen LogP contribution in [0.25, 0.3) is 11.3 Å². The van der Waals surface area contributed by atoms with E-state index in [1.54, 1.807) is 7.11 Å². The standard InChI is InChI=1S/C13H17BrN4O/c1-7(2)13-17-11(12(15)18(13)16)9-6-8(19-3)4-5-10(9)14/h4-7H,15-16H2,1-3H3. The minimum absolute atomic E-state index is 0.199. The molecule has 0 spiro atoms. The molecule has 1 aromatic heterocycles. The van der Waals surface area contributed by atoms with Crippen LogP contribution >= 0.6 is 15.9 Å². The van der Waals surface area contributed by atoms with Crippen molar-refractivity contribution >= 4 is 21.7 Å². The molecule has 0 amide bonds. The van der Waals surface area contributed by atoms with Gasteiger partial charge in [0, 0.05) is 16.0 Å². The minimum atomic E-state index is 0.199. The van der Waals surface area contributed by atoms with E-state index >= 15 is 0 Å². The van der Waals surface area contributed by atoms with Gasteiger partial charge in [0.05, 0.1) is 7.11 Å². The third kappa shape index (κ3) is 2.40. The van der Waals surface area contributed by atoms with E-state index in [1.807, 2.05) is 32.0 Å². The zero-order chi connectivity index (χ0) is 14.2. The number of ether oxygens (including phenoxy) is 1. The first-order valence-electron chi connectivity index (χ1n) is 5.92. The van der Waals surface area contributed by atoms with Crippen LogP contribution in [0.5, 0.6) is 5.75 Å². The average Bonchev–Trinajstić information content (AvgIpc) is 2.67. The van der Waals surface area contributed by atoms with Gasteiger partial charge < -0.3 is 16.3 Å². The fourth-order valence-corrected chi connectivity index (χ4v) is 2.32. The van der Waals surface area contributed by atoms with Crippen LogP contribution in [0.15, 0.2) is 22.7 Å². The Labute approximate surface area is 120 Å². The maximum atomic E-state index is 6.05. The second-order valence-electron chi connectivity index (χ2n) is 4.57. The predicted molar refractivity (Wildman–Crippen MR) is 80.6 cm³/mol. The number of halogens is 1. The Morgan fingerprint density at radius 1 is 1.37 bits per heavy atom. The molecule has 102 valence electrons. The summed E-state index contributed by atoms with van der Waals surface area (Å²) < 4.78 is 7.56. The lowest BCUT2D eigenvalue weighted by atomic mass is 10.1. The Hall–Kier alpha value is -1.69. The molecule has 0 atom stereocenters. The van der Waals surface area contributed by atoms with E-state index in [1.165, 1.54) is 4.68 Å². The van der Waals surface area contributed by atoms with E-state index < -0.39 is 0 Å². The molecule has 0 saturated heterocycles. The Morgan fingerprint density at radius 2 is 2.05 bits per heavy atom. The molecule has 0 radical (unpaired) electrons. The van der Waals surface area contributed by atoms with Gasteiger partial charge in [-0.2, -0.15) is 0 Å². The lowest BCUT2D eigenvalue weighted by Crippen LogP contribution is -2.16. The van der Waals surface area contributed by atoms with Crippen LogP contribution in [0, 0.1) is 0 Å². The summed E-state index contributed by atoms with van der Waals surface area (Å²) in [6.07, 6.45) is 0. The first-order chi connectivity index (χ1) is 8.95. The Morgan fingerprint density at radius 3 is 2.58 bits per heavy atom. The number of nitrogen functional groups attached to an aromatic ring is 2. The predicted octanol–water partition coefficient (Wildman–Crippen LogP) is 2.74. The molecule has 6 heteroatoms. The molecule has 0 fully saturated rings. The fraction of sp³-hybridized carbons (Fsp3) is 0.308. The maximum Gasteiger partial charge on any atom is 0.150 e. The van der Waals surface area contributed by atoms with Gasteiger partial charge in [-0.1, -0.05) is 29.8 Å². The quantitative estimate of drug-likeness (QED) is 0.851. The highest BCUT2D eigenvalue weighted by Gasteiger charge is 2.18. The highest BCUT2D eigenvalue weighted by Crippen LogP contribution is 2.35. The van der Waals surface area contributed by atoms with Gasteiger partial charge in [0.25, 0.3) is 0 Å². The summed E-state index contributed by atoms with van der Waals surface area (Å²) in [6, 6.07) is 5.65. The molecule has 0 aliphatic carbocycles. The largest absolute Gasteiger partial charge is 0.497 e. The van der Waals surface area contributed by atoms with Crippen molar-refractivity contribution < 1.29 is 4.74 Å². The van der Waals surface area contributed by atoms with Crippen molar-refractivity contribution in [2.24, 2.45) is 0 Å². The number of imidazole rings is 1. The number of benzene rings is 1. The smallest absolute Gasteiger partial charge is 0.150 e. The number of anilines is 1. The van der Waals surface area contributed by atoms with Gasteiger partial charge in [0.2, 0.25) is 0 Å². The molecule has 1 aromatic carbocycles. The molecular weight excluding hydrogens is 308 g/mol. The van der Waals surface area contributed by atoms with Gasteiger partial charge >= 0.3 is 0 Å². The highest BCUT2D eigenvalue weighted by molar-refractivity contribution is 9.10. The van der Waals surface area contributed by atoms with Crippen LogP contribution in [-0.2, 0) is 0 Å². The fourth-order valence-electron chi connectivity index (χ4n) is 1.88. The zero-order valence-corrected chi connectivity index (χ0v) is 12.7. The molecule has 0 unspecified atom stereocenters. The third-order valence-corrected chi connectivity index (χ3v) is 3.61. The lowest BCUT2D eigenvalue weighted by Gasteiger charge is -2.06. The first-order valence-corrected chi connectivity index (χ1v) is 6.72. The lowest BCUT2D eigenvalue weighted by molar-refractivity contribution is 0.415. The van der Waals surface area contributed by atoms with Crippen LogP contribution in [0.3, 0.4) is 0 Å². The van der Waals surface area contributed by atoms with Crippen molar-refractivity contribution in [1.29, 1.82) is 0 Å². The number of methoxy groups -OCH3 is 1. The van der Waals surface area contributed by atoms with Gasteiger partial charge in [-0.05, 0) is 18.2 Å². The van der Waals surface area contributed by atoms with Crippen molar-refractivity contribution in [2.45, 2.75) is 19.8 Å². The van der Waals surface area contributed by atoms with Crippen LogP contribution in [0.1, 0.15) is 25.6 Å². The zero-order valence-electron chi connectivity index (χ0n) is 11.1. The maximum absolute atomic E-state index is 6.05. The topological polar surface area (TPSA) is 79.1 Å². The van der Waals surface area contributed by atoms with E-state index in [0.717, 1.165) is 21.6 Å². The van der Waals surface area contributed by atoms with Crippen molar-refractivity contribution in [3.63, 3.8) is 0 Å². The van der Waals surface area contributed by atoms with E-state index in [-0.39, 0.29) is 5.92 Å². The van der Waals surface area contributed by atoms with E-state index in [0.29, 0.717) is 11.5 Å². The number of nitrogens with zero attached hydrogens (tertiary/aromatic N) is 2. The summed E-state index contributed by atoms with van der Waals surface area (Å²) in [5.41, 5.74) is 7.58. The molecule has 2 aromatic rings. The molecule has 0 aliphatic heterocycles. The molecule has 4 N–H and O–H groups in total. The van der Waals surface area contributed by atoms with E-state index in [4.69, 9.17) is 16.3 Å². The van der Waals surface area contributed by atoms with Crippen LogP contribution in [-0.4, -0.2) is 16.8 Å². The Kier molecular flexibility index (Phi) is 3.71. The van der Waals surface area contributed by atoms with Crippen molar-refractivity contribution in [3.8, 4) is 17.0 Å². The number of aromatic nitrogens is 2. The average molecular weight is 325 g/mol. The molecular formula is C13H17BrN4O. The van der Waals surface area contributed by atoms with Gasteiger partial charge in [-0.15, -0.1) is 0 Å². The van der Waals surface area contributed by atoms with Crippen LogP contribution in [0.4, 0.5) is 5.82 Å². The molecule has 19 heavy (non-hydrogen) atoms. The third-order valence-electron chi connectivity index (χ3n) is 2.92. The normalized spacial score (nSPS) is 11.0. The Balaban J connectivity index is 2.62. The molecule has 0 bridgehead atoms. The van der Waals surface area contributed by atoms with E-state index in [9.17, 15) is 0 Å². The van der Waals surface area contributed by atoms with Crippen LogP contribution in [0.2, 0.25) is 0 Å². The van der Waals surface area contributed by atoms with Gasteiger partial charge in [-0.25, -0.2) is 9.66 Å². The van der Waals surface area contributed by atoms with Gasteiger partial charge in [0.15, 0.2) is 5.82 Å². The molecule has 2 rings (SSSR count). The minimum Gasteiger partial charge on any atom is -0.497 e. The molecule has 0 aliphatic rings. The van der Waals surface area contributed by atoms with Gasteiger partial charge in [-0.3, -0.25) is 0 Å². The number of rotatable bonds is 3. The summed E-state index contributed by atoms with van der Waals surface area (Å²) in [7, 11) is 1.62. The number of hydrogen-bond acceptors (Lipinski definition) is 4.